The average Bonchev–Trinajstić information content (AvgIpc) is 2.67. The van der Waals surface area contributed by atoms with E-state index >= 15 is 0 Å². The van der Waals surface area contributed by atoms with Crippen molar-refractivity contribution in [2.45, 2.75) is 0 Å². The van der Waals surface area contributed by atoms with E-state index in [1.807, 2.05) is 0 Å². The number of hydrogen-bond donors (Lipinski definition) is 1. The highest BCUT2D eigenvalue weighted by molar-refractivity contribution is 8.26. The topological polar surface area (TPSA) is 81.5 Å². The molecule has 1 aliphatic rings. The molecule has 1 saturated heterocycles. The van der Waals surface area contributed by atoms with Crippen LogP contribution >= 0.6 is 24.0 Å². The molecular weight excluding hydrogens is 288 g/mol. The molecule has 1 heterocycles. The second-order valence-electron chi connectivity index (χ2n) is 3.54. The Hall–Kier alpha value is -1.93. The van der Waals surface area contributed by atoms with Gasteiger partial charge in [-0.05, 0) is 12.1 Å². The molecule has 6 nitrogen and oxygen atoms in total. The van der Waals surface area contributed by atoms with Crippen molar-refractivity contribution < 1.29 is 14.5 Å². The van der Waals surface area contributed by atoms with Gasteiger partial charge >= 0.3 is 0 Å². The van der Waals surface area contributed by atoms with Crippen LogP contribution in [0.1, 0.15) is 5.56 Å². The van der Waals surface area contributed by atoms with Crippen molar-refractivity contribution in [3.8, 4) is 5.75 Å². The molecule has 1 fully saturated rings. The SMILES string of the molecule is COc1ccc([N+](=O)[O-])cc1/C=C1\SC(=S)NC1=O. The largest absolute Gasteiger partial charge is 0.496 e. The van der Waals surface area contributed by atoms with Gasteiger partial charge in [-0.1, -0.05) is 24.0 Å². The van der Waals surface area contributed by atoms with Gasteiger partial charge in [0.2, 0.25) is 0 Å². The summed E-state index contributed by atoms with van der Waals surface area (Å²) in [5.74, 6) is 0.132. The van der Waals surface area contributed by atoms with Crippen molar-refractivity contribution in [2.24, 2.45) is 0 Å². The second kappa shape index (κ2) is 5.37. The summed E-state index contributed by atoms with van der Waals surface area (Å²) in [5.41, 5.74) is 0.387. The lowest BCUT2D eigenvalue weighted by Gasteiger charge is -2.04. The van der Waals surface area contributed by atoms with Gasteiger partial charge in [0.15, 0.2) is 0 Å². The van der Waals surface area contributed by atoms with Crippen LogP contribution in [-0.2, 0) is 4.79 Å². The van der Waals surface area contributed by atoms with Crippen molar-refractivity contribution in [2.75, 3.05) is 7.11 Å². The van der Waals surface area contributed by atoms with Gasteiger partial charge in [-0.25, -0.2) is 0 Å². The van der Waals surface area contributed by atoms with E-state index in [0.717, 1.165) is 11.8 Å². The van der Waals surface area contributed by atoms with Gasteiger partial charge < -0.3 is 10.1 Å². The molecule has 0 unspecified atom stereocenters. The Bertz CT molecular complexity index is 613. The van der Waals surface area contributed by atoms with Gasteiger partial charge in [-0.15, -0.1) is 0 Å². The normalized spacial score (nSPS) is 16.6. The summed E-state index contributed by atoms with van der Waals surface area (Å²) < 4.78 is 5.47. The number of methoxy groups -OCH3 is 1. The predicted octanol–water partition coefficient (Wildman–Crippen LogP) is 2.09. The standard InChI is InChI=1S/C11H8N2O4S2/c1-17-8-3-2-7(13(15)16)4-6(8)5-9-10(14)12-11(18)19-9/h2-5H,1H3,(H,12,14,18)/b9-5-. The molecule has 0 radical (unpaired) electrons. The van der Waals surface area contributed by atoms with Crippen LogP contribution in [0, 0.1) is 10.1 Å². The molecule has 2 rings (SSSR count). The minimum absolute atomic E-state index is 0.0707. The van der Waals surface area contributed by atoms with Crippen molar-refractivity contribution in [3.05, 3.63) is 38.8 Å². The number of thiocarbonyl (C=S) groups is 1. The number of thioether (sulfide) groups is 1. The van der Waals surface area contributed by atoms with E-state index in [2.05, 4.69) is 5.32 Å². The predicted molar refractivity (Wildman–Crippen MR) is 76.0 cm³/mol. The van der Waals surface area contributed by atoms with Crippen LogP contribution in [0.2, 0.25) is 0 Å². The van der Waals surface area contributed by atoms with Crippen molar-refractivity contribution in [1.82, 2.24) is 5.32 Å². The molecule has 0 atom stereocenters. The molecule has 1 aromatic rings. The van der Waals surface area contributed by atoms with E-state index in [1.54, 1.807) is 0 Å². The smallest absolute Gasteiger partial charge is 0.270 e. The van der Waals surface area contributed by atoms with Crippen molar-refractivity contribution in [1.29, 1.82) is 0 Å². The zero-order valence-corrected chi connectivity index (χ0v) is 11.3. The molecule has 1 aliphatic heterocycles. The van der Waals surface area contributed by atoms with E-state index < -0.39 is 4.92 Å². The molecule has 0 spiro atoms. The first-order chi connectivity index (χ1) is 9.01. The van der Waals surface area contributed by atoms with Crippen LogP contribution in [0.5, 0.6) is 5.75 Å². The molecule has 8 heteroatoms. The maximum Gasteiger partial charge on any atom is 0.270 e. The van der Waals surface area contributed by atoms with E-state index in [4.69, 9.17) is 17.0 Å². The summed E-state index contributed by atoms with van der Waals surface area (Å²) in [6, 6.07) is 4.18. The zero-order chi connectivity index (χ0) is 14.0. The monoisotopic (exact) mass is 296 g/mol. The van der Waals surface area contributed by atoms with E-state index in [1.165, 1.54) is 31.4 Å². The number of amides is 1. The molecule has 1 N–H and O–H groups in total. The molecule has 1 aromatic carbocycles. The highest BCUT2D eigenvalue weighted by atomic mass is 32.2. The third-order valence-electron chi connectivity index (χ3n) is 2.35. The van der Waals surface area contributed by atoms with E-state index in [9.17, 15) is 14.9 Å². The maximum absolute atomic E-state index is 11.5. The Balaban J connectivity index is 2.45. The zero-order valence-electron chi connectivity index (χ0n) is 9.71. The number of carbonyl (C=O) groups excluding carboxylic acids is 1. The lowest BCUT2D eigenvalue weighted by atomic mass is 10.1. The number of ether oxygens (including phenoxy) is 1. The molecule has 1 amide bonds. The number of rotatable bonds is 3. The number of nitrogens with one attached hydrogen (secondary N) is 1. The quantitative estimate of drug-likeness (QED) is 0.398. The Kier molecular flexibility index (Phi) is 3.82. The maximum atomic E-state index is 11.5. The summed E-state index contributed by atoms with van der Waals surface area (Å²) in [7, 11) is 1.45. The summed E-state index contributed by atoms with van der Waals surface area (Å²) >= 11 is 5.98. The first kappa shape index (κ1) is 13.5. The number of non-ortho nitro benzene ring substituents is 1. The van der Waals surface area contributed by atoms with Crippen molar-refractivity contribution in [3.63, 3.8) is 0 Å². The number of nitro benzene ring substituents is 1. The Morgan fingerprint density at radius 2 is 2.26 bits per heavy atom. The Morgan fingerprint density at radius 3 is 2.79 bits per heavy atom. The molecule has 98 valence electrons. The lowest BCUT2D eigenvalue weighted by Crippen LogP contribution is -2.17. The Labute approximate surface area is 118 Å². The van der Waals surface area contributed by atoms with Gasteiger partial charge in [0.1, 0.15) is 10.1 Å². The van der Waals surface area contributed by atoms with E-state index in [-0.39, 0.29) is 11.6 Å². The highest BCUT2D eigenvalue weighted by Gasteiger charge is 2.23. The number of carbonyl (C=O) groups is 1. The van der Waals surface area contributed by atoms with Crippen LogP contribution in [0.25, 0.3) is 6.08 Å². The van der Waals surface area contributed by atoms with Gasteiger partial charge in [-0.2, -0.15) is 0 Å². The summed E-state index contributed by atoms with van der Waals surface area (Å²) in [5, 5.41) is 13.2. The van der Waals surface area contributed by atoms with E-state index in [0.29, 0.717) is 20.5 Å². The molecule has 0 aromatic heterocycles. The van der Waals surface area contributed by atoms with Crippen LogP contribution in [0.4, 0.5) is 5.69 Å². The first-order valence-electron chi connectivity index (χ1n) is 5.08. The number of nitro groups is 1. The van der Waals surface area contributed by atoms with Gasteiger partial charge in [0.25, 0.3) is 11.6 Å². The van der Waals surface area contributed by atoms with Gasteiger partial charge in [-0.3, -0.25) is 14.9 Å². The molecule has 0 saturated carbocycles. The highest BCUT2D eigenvalue weighted by Crippen LogP contribution is 2.31. The first-order valence-corrected chi connectivity index (χ1v) is 6.31. The van der Waals surface area contributed by atoms with Crippen LogP contribution < -0.4 is 10.1 Å². The minimum Gasteiger partial charge on any atom is -0.496 e. The summed E-state index contributed by atoms with van der Waals surface area (Å²) in [4.78, 5) is 22.2. The van der Waals surface area contributed by atoms with Gasteiger partial charge in [0.05, 0.1) is 16.9 Å². The number of hydrogen-bond acceptors (Lipinski definition) is 6. The van der Waals surface area contributed by atoms with Crippen LogP contribution in [0.15, 0.2) is 23.1 Å². The molecule has 0 bridgehead atoms. The molecule has 0 aliphatic carbocycles. The number of nitrogens with zero attached hydrogens (tertiary/aromatic N) is 1. The minimum atomic E-state index is -0.506. The molecule has 19 heavy (non-hydrogen) atoms. The third kappa shape index (κ3) is 2.91. The summed E-state index contributed by atoms with van der Waals surface area (Å²) in [6.07, 6.45) is 1.52. The number of benzene rings is 1. The fourth-order valence-corrected chi connectivity index (χ4v) is 2.55. The third-order valence-corrected chi connectivity index (χ3v) is 3.52. The van der Waals surface area contributed by atoms with Crippen molar-refractivity contribution >= 4 is 46.0 Å². The Morgan fingerprint density at radius 1 is 1.53 bits per heavy atom. The fraction of sp³-hybridized carbons (Fsp3) is 0.0909. The second-order valence-corrected chi connectivity index (χ2v) is 5.25. The van der Waals surface area contributed by atoms with Crippen LogP contribution in [0.3, 0.4) is 0 Å². The van der Waals surface area contributed by atoms with Gasteiger partial charge in [0, 0.05) is 17.7 Å². The fourth-order valence-electron chi connectivity index (χ4n) is 1.51. The lowest BCUT2D eigenvalue weighted by molar-refractivity contribution is -0.384. The average molecular weight is 296 g/mol. The summed E-state index contributed by atoms with van der Waals surface area (Å²) in [6.45, 7) is 0. The van der Waals surface area contributed by atoms with Crippen LogP contribution in [-0.4, -0.2) is 22.3 Å². The molecular formula is C11H8N2O4S2.